The molecule has 1 fully saturated rings. The molecule has 9 nitrogen and oxygen atoms in total. The van der Waals surface area contributed by atoms with Gasteiger partial charge in [-0.05, 0) is 30.3 Å². The summed E-state index contributed by atoms with van der Waals surface area (Å²) >= 11 is 0. The molecule has 0 unspecified atom stereocenters. The number of rotatable bonds is 9. The summed E-state index contributed by atoms with van der Waals surface area (Å²) < 4.78 is 27.6. The van der Waals surface area contributed by atoms with E-state index in [4.69, 9.17) is 14.6 Å². The van der Waals surface area contributed by atoms with Crippen LogP contribution in [0, 0.1) is 5.82 Å². The highest BCUT2D eigenvalue weighted by Crippen LogP contribution is 2.37. The summed E-state index contributed by atoms with van der Waals surface area (Å²) in [6.45, 7) is 3.28. The lowest BCUT2D eigenvalue weighted by Crippen LogP contribution is -2.46. The van der Waals surface area contributed by atoms with Gasteiger partial charge in [-0.15, -0.1) is 0 Å². The van der Waals surface area contributed by atoms with Crippen LogP contribution in [0.1, 0.15) is 34.1 Å². The lowest BCUT2D eigenvalue weighted by atomic mass is 9.99. The molecule has 0 bridgehead atoms. The minimum Gasteiger partial charge on any atom is -0.496 e. The maximum absolute atomic E-state index is 14.6. The smallest absolute Gasteiger partial charge is 0.262 e. The Morgan fingerprint density at radius 3 is 2.55 bits per heavy atom. The zero-order chi connectivity index (χ0) is 28.1. The predicted octanol–water partition coefficient (Wildman–Crippen LogP) is 3.33. The summed E-state index contributed by atoms with van der Waals surface area (Å²) in [6, 6.07) is 16.9. The quantitative estimate of drug-likeness (QED) is 0.411. The third-order valence-corrected chi connectivity index (χ3v) is 7.41. The average molecular weight is 548 g/mol. The van der Waals surface area contributed by atoms with Crippen molar-refractivity contribution in [3.8, 4) is 5.75 Å². The fourth-order valence-electron chi connectivity index (χ4n) is 5.22. The molecule has 3 aromatic rings. The predicted molar refractivity (Wildman–Crippen MR) is 149 cm³/mol. The number of hydrazone groups is 1. The molecule has 0 radical (unpaired) electrons. The van der Waals surface area contributed by atoms with Gasteiger partial charge in [-0.25, -0.2) is 9.40 Å². The van der Waals surface area contributed by atoms with Crippen LogP contribution in [0.4, 0.5) is 4.39 Å². The Bertz CT molecular complexity index is 1380. The molecule has 210 valence electrons. The number of ether oxygens (including phenoxy) is 2. The Balaban J connectivity index is 1.44. The zero-order valence-corrected chi connectivity index (χ0v) is 22.8. The van der Waals surface area contributed by atoms with Crippen LogP contribution >= 0.6 is 0 Å². The van der Waals surface area contributed by atoms with Crippen molar-refractivity contribution >= 4 is 17.5 Å². The van der Waals surface area contributed by atoms with E-state index in [2.05, 4.69) is 4.90 Å². The average Bonchev–Trinajstić information content (AvgIpc) is 3.62. The molecule has 0 spiro atoms. The molecule has 3 heterocycles. The number of benzene rings is 2. The Hall–Kier alpha value is -4.02. The molecule has 0 N–H and O–H groups in total. The van der Waals surface area contributed by atoms with Gasteiger partial charge in [0, 0.05) is 51.4 Å². The van der Waals surface area contributed by atoms with E-state index < -0.39 is 17.8 Å². The van der Waals surface area contributed by atoms with E-state index in [0.717, 1.165) is 30.1 Å². The Morgan fingerprint density at radius 1 is 1.07 bits per heavy atom. The van der Waals surface area contributed by atoms with Gasteiger partial charge in [0.25, 0.3) is 11.8 Å². The Kier molecular flexibility index (Phi) is 8.57. The molecule has 1 atom stereocenters. The fraction of sp³-hybridized carbons (Fsp3) is 0.367. The first-order chi connectivity index (χ1) is 19.5. The van der Waals surface area contributed by atoms with E-state index in [1.54, 1.807) is 13.2 Å². The van der Waals surface area contributed by atoms with Gasteiger partial charge in [0.2, 0.25) is 0 Å². The van der Waals surface area contributed by atoms with Gasteiger partial charge < -0.3 is 18.9 Å². The number of carbonyl (C=O) groups is 2. The second-order valence-corrected chi connectivity index (χ2v) is 9.91. The van der Waals surface area contributed by atoms with Crippen molar-refractivity contribution in [2.24, 2.45) is 12.1 Å². The number of methoxy groups -OCH3 is 1. The maximum Gasteiger partial charge on any atom is 0.262 e. The maximum atomic E-state index is 14.6. The van der Waals surface area contributed by atoms with Crippen LogP contribution in [0.2, 0.25) is 0 Å². The minimum absolute atomic E-state index is 0.0621. The fourth-order valence-corrected chi connectivity index (χ4v) is 5.22. The van der Waals surface area contributed by atoms with Crippen molar-refractivity contribution < 1.29 is 23.5 Å². The van der Waals surface area contributed by atoms with Gasteiger partial charge in [0.05, 0.1) is 43.3 Å². The van der Waals surface area contributed by atoms with Gasteiger partial charge in [0.1, 0.15) is 18.1 Å². The molecule has 10 heteroatoms. The molecule has 1 aromatic heterocycles. The lowest BCUT2D eigenvalue weighted by Gasteiger charge is -2.31. The molecule has 0 aliphatic carbocycles. The number of hydrogen-bond donors (Lipinski definition) is 0. The summed E-state index contributed by atoms with van der Waals surface area (Å²) in [7, 11) is 3.53. The number of nitrogens with zero attached hydrogens (tertiary/aromatic N) is 5. The van der Waals surface area contributed by atoms with Crippen LogP contribution < -0.4 is 4.74 Å². The molecule has 2 aromatic carbocycles. The molecule has 0 saturated carbocycles. The van der Waals surface area contributed by atoms with Crippen LogP contribution in [0.5, 0.6) is 5.75 Å². The Morgan fingerprint density at radius 2 is 1.82 bits per heavy atom. The van der Waals surface area contributed by atoms with Crippen molar-refractivity contribution in [1.29, 1.82) is 0 Å². The summed E-state index contributed by atoms with van der Waals surface area (Å²) in [4.78, 5) is 31.1. The topological polar surface area (TPSA) is 79.6 Å². The standard InChI is InChI=1S/C30H34FN5O4/c1-33-13-7-11-26(33)25-20-27(23-9-4-6-12-28(23)39-2)36(32-25)29(37)21-35(15-14-34-16-18-40-19-17-34)30(38)22-8-3-5-10-24(22)31/h3-13,27H,14-21H2,1-2H3/t27-/m1/s1. The normalized spacial score (nSPS) is 17.5. The van der Waals surface area contributed by atoms with E-state index in [1.165, 1.54) is 28.1 Å². The third kappa shape index (κ3) is 5.93. The van der Waals surface area contributed by atoms with Crippen LogP contribution in [0.15, 0.2) is 72.0 Å². The number of hydrogen-bond acceptors (Lipinski definition) is 6. The van der Waals surface area contributed by atoms with Crippen LogP contribution in [0.25, 0.3) is 0 Å². The van der Waals surface area contributed by atoms with E-state index in [0.29, 0.717) is 31.9 Å². The highest BCUT2D eigenvalue weighted by molar-refractivity contribution is 6.03. The molecule has 2 aliphatic heterocycles. The molecule has 5 rings (SSSR count). The minimum atomic E-state index is -0.617. The van der Waals surface area contributed by atoms with E-state index in [9.17, 15) is 14.0 Å². The Labute approximate surface area is 233 Å². The van der Waals surface area contributed by atoms with Crippen molar-refractivity contribution in [3.63, 3.8) is 0 Å². The summed E-state index contributed by atoms with van der Waals surface area (Å²) in [5.74, 6) is -0.847. The first kappa shape index (κ1) is 27.5. The number of carbonyl (C=O) groups excluding carboxylic acids is 2. The molecule has 1 saturated heterocycles. The van der Waals surface area contributed by atoms with E-state index in [-0.39, 0.29) is 24.6 Å². The molecular weight excluding hydrogens is 513 g/mol. The SMILES string of the molecule is COc1ccccc1[C@H]1CC(c2cccn2C)=NN1C(=O)CN(CCN1CCOCC1)C(=O)c1ccccc1F. The number of aryl methyl sites for hydroxylation is 1. The van der Waals surface area contributed by atoms with Gasteiger partial charge in [0.15, 0.2) is 0 Å². The number of aromatic nitrogens is 1. The van der Waals surface area contributed by atoms with Crippen molar-refractivity contribution in [2.45, 2.75) is 12.5 Å². The van der Waals surface area contributed by atoms with Gasteiger partial charge in [-0.3, -0.25) is 14.5 Å². The second kappa shape index (κ2) is 12.4. The number of amides is 2. The second-order valence-electron chi connectivity index (χ2n) is 9.91. The molecule has 2 aliphatic rings. The van der Waals surface area contributed by atoms with Gasteiger partial charge in [-0.2, -0.15) is 5.10 Å². The highest BCUT2D eigenvalue weighted by Gasteiger charge is 2.36. The molecule has 40 heavy (non-hydrogen) atoms. The summed E-state index contributed by atoms with van der Waals surface area (Å²) in [5, 5.41) is 6.22. The summed E-state index contributed by atoms with van der Waals surface area (Å²) in [5.41, 5.74) is 2.43. The number of para-hydroxylation sites is 1. The van der Waals surface area contributed by atoms with Gasteiger partial charge >= 0.3 is 0 Å². The van der Waals surface area contributed by atoms with Crippen molar-refractivity contribution in [3.05, 3.63) is 89.5 Å². The highest BCUT2D eigenvalue weighted by atomic mass is 19.1. The monoisotopic (exact) mass is 547 g/mol. The number of morpholine rings is 1. The zero-order valence-electron chi connectivity index (χ0n) is 22.8. The number of halogens is 1. The third-order valence-electron chi connectivity index (χ3n) is 7.41. The van der Waals surface area contributed by atoms with Crippen LogP contribution in [-0.2, 0) is 16.6 Å². The van der Waals surface area contributed by atoms with E-state index >= 15 is 0 Å². The van der Waals surface area contributed by atoms with Crippen LogP contribution in [-0.4, -0.2) is 89.9 Å². The first-order valence-corrected chi connectivity index (χ1v) is 13.4. The van der Waals surface area contributed by atoms with Crippen LogP contribution in [0.3, 0.4) is 0 Å². The summed E-state index contributed by atoms with van der Waals surface area (Å²) in [6.07, 6.45) is 2.42. The van der Waals surface area contributed by atoms with Crippen molar-refractivity contribution in [2.75, 3.05) is 53.0 Å². The first-order valence-electron chi connectivity index (χ1n) is 13.4. The largest absolute Gasteiger partial charge is 0.496 e. The molecular formula is C30H34FN5O4. The van der Waals surface area contributed by atoms with E-state index in [1.807, 2.05) is 54.2 Å². The van der Waals surface area contributed by atoms with Crippen molar-refractivity contribution in [1.82, 2.24) is 19.4 Å². The molecule has 2 amide bonds. The van der Waals surface area contributed by atoms with Gasteiger partial charge in [-0.1, -0.05) is 30.3 Å². The lowest BCUT2D eigenvalue weighted by molar-refractivity contribution is -0.133.